The van der Waals surface area contributed by atoms with Crippen molar-refractivity contribution < 1.29 is 21.2 Å². The molecule has 0 aromatic heterocycles. The lowest BCUT2D eigenvalue weighted by atomic mass is 10.2. The van der Waals surface area contributed by atoms with Crippen LogP contribution in [0.2, 0.25) is 0 Å². The first-order valence-electron chi connectivity index (χ1n) is 10.8. The number of para-hydroxylation sites is 1. The summed E-state index contributed by atoms with van der Waals surface area (Å²) < 4.78 is 68.7. The van der Waals surface area contributed by atoms with E-state index < -0.39 is 20.0 Å². The summed E-state index contributed by atoms with van der Waals surface area (Å²) in [6.45, 7) is 1.33. The average molecular weight is 504 g/mol. The Bertz CT molecular complexity index is 1340. The highest BCUT2D eigenvalue weighted by molar-refractivity contribution is 7.89. The molecule has 0 aliphatic carbocycles. The van der Waals surface area contributed by atoms with Gasteiger partial charge in [0.25, 0.3) is 0 Å². The molecule has 0 amide bonds. The molecule has 0 saturated carbocycles. The normalized spacial score (nSPS) is 15.6. The van der Waals surface area contributed by atoms with Crippen molar-refractivity contribution in [2.45, 2.75) is 16.3 Å². The summed E-state index contributed by atoms with van der Waals surface area (Å²) in [5.41, 5.74) is 1.30. The van der Waals surface area contributed by atoms with Crippen molar-refractivity contribution in [3.8, 4) is 0 Å². The van der Waals surface area contributed by atoms with Gasteiger partial charge in [0, 0.05) is 39.8 Å². The van der Waals surface area contributed by atoms with Crippen LogP contribution < -0.4 is 4.90 Å². The monoisotopic (exact) mass is 503 g/mol. The Labute approximate surface area is 200 Å². The van der Waals surface area contributed by atoms with Crippen LogP contribution in [0.3, 0.4) is 0 Å². The van der Waals surface area contributed by atoms with Gasteiger partial charge >= 0.3 is 0 Å². The van der Waals surface area contributed by atoms with Gasteiger partial charge in [-0.15, -0.1) is 0 Å². The van der Waals surface area contributed by atoms with E-state index in [1.54, 1.807) is 18.2 Å². The van der Waals surface area contributed by atoms with Crippen LogP contribution in [0.15, 0.2) is 88.7 Å². The molecule has 3 aromatic carbocycles. The summed E-state index contributed by atoms with van der Waals surface area (Å²) >= 11 is 0. The van der Waals surface area contributed by atoms with E-state index in [1.165, 1.54) is 46.0 Å². The van der Waals surface area contributed by atoms with Crippen LogP contribution in [0.4, 0.5) is 10.1 Å². The molecule has 0 bridgehead atoms. The SMILES string of the molecule is CN(Cc1ccccc1)S(=O)(=O)c1ccc(S(=O)(=O)N2CCN(c3ccccc3F)CC2)cc1. The highest BCUT2D eigenvalue weighted by Crippen LogP contribution is 2.25. The van der Waals surface area contributed by atoms with Crippen LogP contribution >= 0.6 is 0 Å². The van der Waals surface area contributed by atoms with Crippen LogP contribution in [-0.4, -0.2) is 58.7 Å². The highest BCUT2D eigenvalue weighted by Gasteiger charge is 2.30. The molecule has 0 radical (unpaired) electrons. The number of piperazine rings is 1. The summed E-state index contributed by atoms with van der Waals surface area (Å²) in [5.74, 6) is -0.340. The predicted octanol–water partition coefficient (Wildman–Crippen LogP) is 3.16. The second kappa shape index (κ2) is 9.83. The number of sulfonamides is 2. The Morgan fingerprint density at radius 3 is 1.94 bits per heavy atom. The highest BCUT2D eigenvalue weighted by atomic mass is 32.2. The minimum atomic E-state index is -3.80. The van der Waals surface area contributed by atoms with E-state index in [2.05, 4.69) is 0 Å². The molecule has 3 aromatic rings. The minimum Gasteiger partial charge on any atom is -0.367 e. The maximum Gasteiger partial charge on any atom is 0.243 e. The lowest BCUT2D eigenvalue weighted by Gasteiger charge is -2.35. The molecule has 0 unspecified atom stereocenters. The number of rotatable bonds is 7. The molecular formula is C24H26FN3O4S2. The Morgan fingerprint density at radius 2 is 1.32 bits per heavy atom. The van der Waals surface area contributed by atoms with E-state index in [9.17, 15) is 21.2 Å². The van der Waals surface area contributed by atoms with Crippen molar-refractivity contribution in [2.75, 3.05) is 38.1 Å². The van der Waals surface area contributed by atoms with Crippen molar-refractivity contribution in [2.24, 2.45) is 0 Å². The van der Waals surface area contributed by atoms with Gasteiger partial charge in [-0.1, -0.05) is 42.5 Å². The summed E-state index contributed by atoms with van der Waals surface area (Å²) in [7, 11) is -6.10. The Kier molecular flexibility index (Phi) is 7.04. The second-order valence-corrected chi connectivity index (χ2v) is 12.0. The van der Waals surface area contributed by atoms with Crippen LogP contribution in [0.25, 0.3) is 0 Å². The molecule has 7 nitrogen and oxygen atoms in total. The second-order valence-electron chi connectivity index (χ2n) is 8.06. The van der Waals surface area contributed by atoms with Crippen LogP contribution in [0, 0.1) is 5.82 Å². The van der Waals surface area contributed by atoms with Crippen LogP contribution in [0.1, 0.15) is 5.56 Å². The zero-order valence-corrected chi connectivity index (χ0v) is 20.3. The van der Waals surface area contributed by atoms with Crippen LogP contribution in [0.5, 0.6) is 0 Å². The minimum absolute atomic E-state index is 0.0225. The summed E-state index contributed by atoms with van der Waals surface area (Å²) in [4.78, 5) is 1.87. The van der Waals surface area contributed by atoms with Crippen LogP contribution in [-0.2, 0) is 26.6 Å². The maximum absolute atomic E-state index is 14.1. The fourth-order valence-corrected chi connectivity index (χ4v) is 6.50. The molecule has 4 rings (SSSR count). The van der Waals surface area contributed by atoms with Gasteiger partial charge in [-0.2, -0.15) is 8.61 Å². The van der Waals surface area contributed by atoms with Gasteiger partial charge in [0.15, 0.2) is 0 Å². The van der Waals surface area contributed by atoms with E-state index in [0.29, 0.717) is 18.8 Å². The van der Waals surface area contributed by atoms with Gasteiger partial charge < -0.3 is 4.90 Å². The number of hydrogen-bond acceptors (Lipinski definition) is 5. The molecule has 1 aliphatic heterocycles. The lowest BCUT2D eigenvalue weighted by molar-refractivity contribution is 0.383. The average Bonchev–Trinajstić information content (AvgIpc) is 2.85. The Morgan fingerprint density at radius 1 is 0.765 bits per heavy atom. The van der Waals surface area contributed by atoms with Gasteiger partial charge in [0.05, 0.1) is 15.5 Å². The summed E-state index contributed by atoms with van der Waals surface area (Å²) in [6.07, 6.45) is 0. The van der Waals surface area contributed by atoms with E-state index in [1.807, 2.05) is 35.2 Å². The number of benzene rings is 3. The van der Waals surface area contributed by atoms with E-state index in [4.69, 9.17) is 0 Å². The van der Waals surface area contributed by atoms with Gasteiger partial charge in [0.2, 0.25) is 20.0 Å². The molecule has 0 atom stereocenters. The first-order valence-corrected chi connectivity index (χ1v) is 13.7. The molecule has 10 heteroatoms. The molecule has 1 saturated heterocycles. The number of anilines is 1. The molecule has 0 N–H and O–H groups in total. The fourth-order valence-electron chi connectivity index (χ4n) is 3.92. The van der Waals surface area contributed by atoms with Gasteiger partial charge in [0.1, 0.15) is 5.82 Å². The Hall–Kier alpha value is -2.79. The molecule has 180 valence electrons. The third kappa shape index (κ3) is 5.00. The topological polar surface area (TPSA) is 78.0 Å². The zero-order chi connectivity index (χ0) is 24.3. The van der Waals surface area contributed by atoms with Crippen molar-refractivity contribution in [3.05, 3.63) is 90.2 Å². The fraction of sp³-hybridized carbons (Fsp3) is 0.250. The van der Waals surface area contributed by atoms with Gasteiger partial charge in [-0.05, 0) is 42.0 Å². The predicted molar refractivity (Wildman–Crippen MR) is 129 cm³/mol. The molecule has 1 fully saturated rings. The van der Waals surface area contributed by atoms with Crippen molar-refractivity contribution in [1.82, 2.24) is 8.61 Å². The van der Waals surface area contributed by atoms with Crippen molar-refractivity contribution >= 4 is 25.7 Å². The summed E-state index contributed by atoms with van der Waals surface area (Å²) in [6, 6.07) is 20.9. The summed E-state index contributed by atoms with van der Waals surface area (Å²) in [5, 5.41) is 0. The van der Waals surface area contributed by atoms with E-state index in [0.717, 1.165) is 5.56 Å². The lowest BCUT2D eigenvalue weighted by Crippen LogP contribution is -2.48. The zero-order valence-electron chi connectivity index (χ0n) is 18.7. The third-order valence-electron chi connectivity index (χ3n) is 5.85. The molecule has 1 heterocycles. The van der Waals surface area contributed by atoms with E-state index in [-0.39, 0.29) is 35.2 Å². The van der Waals surface area contributed by atoms with Crippen molar-refractivity contribution in [1.29, 1.82) is 0 Å². The standard InChI is InChI=1S/C24H26FN3O4S2/c1-26(19-20-7-3-2-4-8-20)33(29,30)21-11-13-22(14-12-21)34(31,32)28-17-15-27(16-18-28)24-10-6-5-9-23(24)25/h2-14H,15-19H2,1H3. The van der Waals surface area contributed by atoms with E-state index >= 15 is 0 Å². The van der Waals surface area contributed by atoms with Gasteiger partial charge in [-0.3, -0.25) is 0 Å². The number of hydrogen-bond donors (Lipinski definition) is 0. The first kappa shape index (κ1) is 24.3. The quantitative estimate of drug-likeness (QED) is 0.495. The Balaban J connectivity index is 1.45. The van der Waals surface area contributed by atoms with Gasteiger partial charge in [-0.25, -0.2) is 21.2 Å². The largest absolute Gasteiger partial charge is 0.367 e. The molecule has 34 heavy (non-hydrogen) atoms. The molecule has 1 aliphatic rings. The smallest absolute Gasteiger partial charge is 0.243 e. The number of nitrogens with zero attached hydrogens (tertiary/aromatic N) is 3. The van der Waals surface area contributed by atoms with Crippen molar-refractivity contribution in [3.63, 3.8) is 0 Å². The molecular weight excluding hydrogens is 477 g/mol. The molecule has 0 spiro atoms. The number of halogens is 1. The first-order chi connectivity index (χ1) is 16.2. The third-order valence-corrected chi connectivity index (χ3v) is 9.58. The maximum atomic E-state index is 14.1.